The monoisotopic (exact) mass is 314 g/mol. The van der Waals surface area contributed by atoms with E-state index in [1.165, 1.54) is 18.2 Å². The van der Waals surface area contributed by atoms with Crippen LogP contribution in [0.25, 0.3) is 0 Å². The SMILES string of the molecule is COC(=O)CC1=CN(C)[C]N1c1c(C(C)C)cccc1C(C)C. The number of rotatable bonds is 5. The first-order valence-electron chi connectivity index (χ1n) is 8.04. The molecule has 4 nitrogen and oxygen atoms in total. The minimum atomic E-state index is -0.244. The molecule has 1 heterocycles. The third-order valence-electron chi connectivity index (χ3n) is 4.01. The number of nitrogens with zero attached hydrogens (tertiary/aromatic N) is 2. The molecule has 2 radical (unpaired) electrons. The van der Waals surface area contributed by atoms with Crippen LogP contribution in [-0.4, -0.2) is 25.0 Å². The van der Waals surface area contributed by atoms with Crippen LogP contribution in [0.5, 0.6) is 0 Å². The van der Waals surface area contributed by atoms with E-state index in [2.05, 4.69) is 52.6 Å². The molecule has 0 spiro atoms. The van der Waals surface area contributed by atoms with Crippen molar-refractivity contribution < 1.29 is 9.53 Å². The van der Waals surface area contributed by atoms with Crippen molar-refractivity contribution in [3.8, 4) is 0 Å². The number of anilines is 1. The second-order valence-electron chi connectivity index (χ2n) is 6.51. The number of carbonyl (C=O) groups excluding carboxylic acids is 1. The highest BCUT2D eigenvalue weighted by Crippen LogP contribution is 2.40. The number of ether oxygens (including phenoxy) is 1. The van der Waals surface area contributed by atoms with Crippen LogP contribution >= 0.6 is 0 Å². The highest BCUT2D eigenvalue weighted by atomic mass is 16.5. The highest BCUT2D eigenvalue weighted by molar-refractivity contribution is 5.76. The fourth-order valence-electron chi connectivity index (χ4n) is 2.84. The van der Waals surface area contributed by atoms with E-state index in [0.717, 1.165) is 11.4 Å². The quantitative estimate of drug-likeness (QED) is 0.767. The Kier molecular flexibility index (Phi) is 5.34. The molecule has 4 heteroatoms. The van der Waals surface area contributed by atoms with Crippen molar-refractivity contribution in [3.63, 3.8) is 0 Å². The van der Waals surface area contributed by atoms with Crippen molar-refractivity contribution in [1.82, 2.24) is 4.90 Å². The predicted octanol–water partition coefficient (Wildman–Crippen LogP) is 4.09. The van der Waals surface area contributed by atoms with Crippen molar-refractivity contribution in [2.75, 3.05) is 19.1 Å². The van der Waals surface area contributed by atoms with E-state index in [1.54, 1.807) is 0 Å². The van der Waals surface area contributed by atoms with Crippen LogP contribution in [0.1, 0.15) is 57.1 Å². The normalized spacial score (nSPS) is 14.7. The van der Waals surface area contributed by atoms with Crippen LogP contribution in [0.4, 0.5) is 5.69 Å². The highest BCUT2D eigenvalue weighted by Gasteiger charge is 2.29. The van der Waals surface area contributed by atoms with Gasteiger partial charge in [0.15, 0.2) is 0 Å². The van der Waals surface area contributed by atoms with Crippen molar-refractivity contribution in [2.24, 2.45) is 0 Å². The lowest BCUT2D eigenvalue weighted by Gasteiger charge is -2.29. The molecule has 0 amide bonds. The first kappa shape index (κ1) is 17.4. The zero-order valence-electron chi connectivity index (χ0n) is 14.9. The topological polar surface area (TPSA) is 32.8 Å². The first-order valence-corrected chi connectivity index (χ1v) is 8.04. The molecule has 0 N–H and O–H groups in total. The second kappa shape index (κ2) is 7.07. The van der Waals surface area contributed by atoms with Gasteiger partial charge in [-0.3, -0.25) is 4.79 Å². The fourth-order valence-corrected chi connectivity index (χ4v) is 2.84. The van der Waals surface area contributed by atoms with E-state index in [9.17, 15) is 4.79 Å². The van der Waals surface area contributed by atoms with E-state index in [1.807, 2.05) is 23.0 Å². The first-order chi connectivity index (χ1) is 10.8. The van der Waals surface area contributed by atoms with Gasteiger partial charge in [-0.2, -0.15) is 0 Å². The number of hydrogen-bond donors (Lipinski definition) is 0. The Labute approximate surface area is 139 Å². The van der Waals surface area contributed by atoms with Gasteiger partial charge < -0.3 is 14.5 Å². The molecule has 0 aromatic heterocycles. The van der Waals surface area contributed by atoms with Crippen LogP contribution in [0, 0.1) is 6.67 Å². The Morgan fingerprint density at radius 2 is 1.74 bits per heavy atom. The van der Waals surface area contributed by atoms with E-state index in [0.29, 0.717) is 11.8 Å². The summed E-state index contributed by atoms with van der Waals surface area (Å²) in [6, 6.07) is 6.42. The van der Waals surface area contributed by atoms with Gasteiger partial charge in [0.05, 0.1) is 19.2 Å². The molecule has 0 fully saturated rings. The third kappa shape index (κ3) is 3.69. The summed E-state index contributed by atoms with van der Waals surface area (Å²) in [5, 5.41) is 0. The van der Waals surface area contributed by atoms with Gasteiger partial charge in [-0.1, -0.05) is 45.9 Å². The summed E-state index contributed by atoms with van der Waals surface area (Å²) >= 11 is 0. The number of methoxy groups -OCH3 is 1. The molecule has 0 aliphatic carbocycles. The van der Waals surface area contributed by atoms with Gasteiger partial charge in [-0.05, 0) is 23.0 Å². The summed E-state index contributed by atoms with van der Waals surface area (Å²) in [7, 11) is 3.34. The molecule has 23 heavy (non-hydrogen) atoms. The summed E-state index contributed by atoms with van der Waals surface area (Å²) in [4.78, 5) is 15.6. The summed E-state index contributed by atoms with van der Waals surface area (Å²) in [5.74, 6) is 0.526. The zero-order valence-corrected chi connectivity index (χ0v) is 14.9. The largest absolute Gasteiger partial charge is 0.469 e. The molecule has 0 bridgehead atoms. The lowest BCUT2D eigenvalue weighted by Crippen LogP contribution is -2.23. The molecule has 1 aromatic carbocycles. The molecule has 0 saturated carbocycles. The maximum atomic E-state index is 11.8. The zero-order chi connectivity index (χ0) is 17.1. The van der Waals surface area contributed by atoms with Crippen LogP contribution in [0.15, 0.2) is 30.1 Å². The molecule has 0 unspecified atom stereocenters. The average Bonchev–Trinajstić information content (AvgIpc) is 2.86. The number of carbonyl (C=O) groups is 1. The third-order valence-corrected chi connectivity index (χ3v) is 4.01. The van der Waals surface area contributed by atoms with Crippen molar-refractivity contribution >= 4 is 11.7 Å². The number of benzene rings is 1. The van der Waals surface area contributed by atoms with Gasteiger partial charge in [0.1, 0.15) is 0 Å². The number of para-hydroxylation sites is 1. The Balaban J connectivity index is 2.51. The van der Waals surface area contributed by atoms with E-state index >= 15 is 0 Å². The Morgan fingerprint density at radius 1 is 1.17 bits per heavy atom. The summed E-state index contributed by atoms with van der Waals surface area (Å²) in [5.41, 5.74) is 4.54. The Morgan fingerprint density at radius 3 is 2.22 bits per heavy atom. The lowest BCUT2D eigenvalue weighted by atomic mass is 9.91. The van der Waals surface area contributed by atoms with Crippen molar-refractivity contribution in [1.29, 1.82) is 0 Å². The maximum Gasteiger partial charge on any atom is 0.311 e. The number of esters is 1. The molecule has 124 valence electrons. The minimum Gasteiger partial charge on any atom is -0.469 e. The van der Waals surface area contributed by atoms with Crippen LogP contribution < -0.4 is 4.90 Å². The number of hydrogen-bond acceptors (Lipinski definition) is 4. The molecular formula is C19H26N2O2. The lowest BCUT2D eigenvalue weighted by molar-refractivity contribution is -0.139. The van der Waals surface area contributed by atoms with Crippen LogP contribution in [0.2, 0.25) is 0 Å². The molecule has 1 aliphatic rings. The maximum absolute atomic E-state index is 11.8. The van der Waals surface area contributed by atoms with Gasteiger partial charge in [0.25, 0.3) is 0 Å². The molecular weight excluding hydrogens is 288 g/mol. The van der Waals surface area contributed by atoms with Gasteiger partial charge in [-0.15, -0.1) is 0 Å². The summed E-state index contributed by atoms with van der Waals surface area (Å²) < 4.78 is 4.83. The van der Waals surface area contributed by atoms with E-state index in [4.69, 9.17) is 4.74 Å². The fraction of sp³-hybridized carbons (Fsp3) is 0.474. The molecule has 0 atom stereocenters. The van der Waals surface area contributed by atoms with Crippen LogP contribution in [0.3, 0.4) is 0 Å². The minimum absolute atomic E-state index is 0.234. The smallest absolute Gasteiger partial charge is 0.311 e. The van der Waals surface area contributed by atoms with Crippen molar-refractivity contribution in [3.05, 3.63) is 47.9 Å². The van der Waals surface area contributed by atoms with Gasteiger partial charge in [0, 0.05) is 18.9 Å². The summed E-state index contributed by atoms with van der Waals surface area (Å²) in [6.45, 7) is 12.1. The predicted molar refractivity (Wildman–Crippen MR) is 92.8 cm³/mol. The Bertz CT molecular complexity index is 579. The molecule has 1 aromatic rings. The van der Waals surface area contributed by atoms with E-state index < -0.39 is 0 Å². The van der Waals surface area contributed by atoms with Crippen LogP contribution in [-0.2, 0) is 9.53 Å². The van der Waals surface area contributed by atoms with Gasteiger partial charge in [-0.25, -0.2) is 0 Å². The average molecular weight is 314 g/mol. The van der Waals surface area contributed by atoms with Gasteiger partial charge in [0.2, 0.25) is 6.67 Å². The molecule has 2 rings (SSSR count). The second-order valence-corrected chi connectivity index (χ2v) is 6.51. The Hall–Kier alpha value is -1.97. The standard InChI is InChI=1S/C19H26N2O2/c1-13(2)16-8-7-9-17(14(3)4)19(16)21-12-20(5)11-15(21)10-18(22)23-6/h7-9,11,13-14H,10H2,1-6H3. The van der Waals surface area contributed by atoms with Gasteiger partial charge >= 0.3 is 5.97 Å². The van der Waals surface area contributed by atoms with Crippen molar-refractivity contribution in [2.45, 2.75) is 46.0 Å². The molecule has 0 saturated heterocycles. The summed E-state index contributed by atoms with van der Waals surface area (Å²) in [6.07, 6.45) is 2.16. The molecule has 1 aliphatic heterocycles. The van der Waals surface area contributed by atoms with E-state index in [-0.39, 0.29) is 12.4 Å².